The Morgan fingerprint density at radius 1 is 1.06 bits per heavy atom. The lowest BCUT2D eigenvalue weighted by atomic mass is 10.2. The molecule has 1 aliphatic rings. The molecule has 1 fully saturated rings. The molecule has 0 unspecified atom stereocenters. The number of thiazole rings is 1. The van der Waals surface area contributed by atoms with Crippen LogP contribution in [0.25, 0.3) is 10.6 Å². The maximum absolute atomic E-state index is 12.6. The van der Waals surface area contributed by atoms with Gasteiger partial charge in [-0.1, -0.05) is 42.5 Å². The van der Waals surface area contributed by atoms with Crippen molar-refractivity contribution in [3.63, 3.8) is 0 Å². The van der Waals surface area contributed by atoms with Gasteiger partial charge in [0.2, 0.25) is 5.91 Å². The van der Waals surface area contributed by atoms with Gasteiger partial charge in [0.25, 0.3) is 5.69 Å². The van der Waals surface area contributed by atoms with Crippen LogP contribution < -0.4 is 5.32 Å². The molecule has 0 aliphatic carbocycles. The van der Waals surface area contributed by atoms with Crippen molar-refractivity contribution in [3.05, 3.63) is 75.8 Å². The zero-order valence-electron chi connectivity index (χ0n) is 17.6. The highest BCUT2D eigenvalue weighted by atomic mass is 32.1. The topological polar surface area (TPSA) is 91.6 Å². The monoisotopic (exact) mass is 451 g/mol. The predicted molar refractivity (Wildman–Crippen MR) is 126 cm³/mol. The summed E-state index contributed by atoms with van der Waals surface area (Å²) in [6.07, 6.45) is 0.304. The lowest BCUT2D eigenvalue weighted by Crippen LogP contribution is -2.48. The summed E-state index contributed by atoms with van der Waals surface area (Å²) in [6, 6.07) is 16.6. The Morgan fingerprint density at radius 3 is 2.53 bits per heavy atom. The summed E-state index contributed by atoms with van der Waals surface area (Å²) in [5.41, 5.74) is 2.65. The molecule has 32 heavy (non-hydrogen) atoms. The quantitative estimate of drug-likeness (QED) is 0.413. The third kappa shape index (κ3) is 5.49. The molecule has 1 aliphatic heterocycles. The van der Waals surface area contributed by atoms with Crippen LogP contribution in [0.5, 0.6) is 0 Å². The van der Waals surface area contributed by atoms with Crippen LogP contribution in [0.2, 0.25) is 0 Å². The summed E-state index contributed by atoms with van der Waals surface area (Å²) in [5, 5.41) is 17.2. The highest BCUT2D eigenvalue weighted by molar-refractivity contribution is 7.13. The van der Waals surface area contributed by atoms with Gasteiger partial charge in [-0.3, -0.25) is 19.8 Å². The Balaban J connectivity index is 1.21. The molecule has 1 saturated heterocycles. The summed E-state index contributed by atoms with van der Waals surface area (Å²) < 4.78 is 0. The first-order valence-corrected chi connectivity index (χ1v) is 11.5. The number of hydrogen-bond donors (Lipinski definition) is 1. The number of nitrogens with one attached hydrogen (secondary N) is 1. The van der Waals surface area contributed by atoms with Gasteiger partial charge in [0, 0.05) is 62.7 Å². The Labute approximate surface area is 190 Å². The second-order valence-electron chi connectivity index (χ2n) is 7.62. The van der Waals surface area contributed by atoms with E-state index in [1.807, 2.05) is 23.1 Å². The van der Waals surface area contributed by atoms with Crippen LogP contribution >= 0.6 is 11.3 Å². The van der Waals surface area contributed by atoms with Crippen LogP contribution in [0.15, 0.2) is 60.0 Å². The number of carbonyl (C=O) groups excluding carboxylic acids is 1. The van der Waals surface area contributed by atoms with Crippen LogP contribution in [0.1, 0.15) is 12.1 Å². The molecule has 1 amide bonds. The normalized spacial score (nSPS) is 14.3. The van der Waals surface area contributed by atoms with Gasteiger partial charge in [-0.2, -0.15) is 0 Å². The number of nitro benzene ring substituents is 1. The third-order valence-electron chi connectivity index (χ3n) is 5.44. The first-order chi connectivity index (χ1) is 15.6. The molecule has 9 heteroatoms. The molecule has 0 saturated carbocycles. The number of piperazine rings is 1. The van der Waals surface area contributed by atoms with Gasteiger partial charge >= 0.3 is 0 Å². The minimum absolute atomic E-state index is 0.0195. The minimum Gasteiger partial charge on any atom is -0.379 e. The fourth-order valence-electron chi connectivity index (χ4n) is 3.72. The van der Waals surface area contributed by atoms with Gasteiger partial charge in [-0.25, -0.2) is 4.98 Å². The van der Waals surface area contributed by atoms with E-state index in [1.54, 1.807) is 29.5 Å². The highest BCUT2D eigenvalue weighted by Gasteiger charge is 2.22. The van der Waals surface area contributed by atoms with Crippen LogP contribution in [0, 0.1) is 10.1 Å². The molecule has 1 aromatic heterocycles. The molecule has 2 heterocycles. The number of benzene rings is 2. The average Bonchev–Trinajstić information content (AvgIpc) is 3.29. The van der Waals surface area contributed by atoms with E-state index in [9.17, 15) is 14.9 Å². The summed E-state index contributed by atoms with van der Waals surface area (Å²) in [4.78, 5) is 32.2. The van der Waals surface area contributed by atoms with E-state index in [0.717, 1.165) is 35.9 Å². The van der Waals surface area contributed by atoms with Crippen molar-refractivity contribution in [1.29, 1.82) is 0 Å². The van der Waals surface area contributed by atoms with Crippen molar-refractivity contribution >= 4 is 28.6 Å². The number of carbonyl (C=O) groups is 1. The maximum atomic E-state index is 12.6. The van der Waals surface area contributed by atoms with E-state index in [-0.39, 0.29) is 11.6 Å². The molecule has 3 aromatic rings. The number of anilines is 1. The largest absolute Gasteiger partial charge is 0.379 e. The lowest BCUT2D eigenvalue weighted by molar-refractivity contribution is -0.384. The number of hydrogen-bond acceptors (Lipinski definition) is 7. The fourth-order valence-corrected chi connectivity index (χ4v) is 4.54. The van der Waals surface area contributed by atoms with E-state index < -0.39 is 4.92 Å². The second-order valence-corrected chi connectivity index (χ2v) is 8.48. The molecule has 0 radical (unpaired) electrons. The molecule has 2 aromatic carbocycles. The molecule has 166 valence electrons. The summed E-state index contributed by atoms with van der Waals surface area (Å²) >= 11 is 1.66. The Kier molecular flexibility index (Phi) is 7.08. The highest BCUT2D eigenvalue weighted by Crippen LogP contribution is 2.24. The van der Waals surface area contributed by atoms with Crippen molar-refractivity contribution in [2.24, 2.45) is 0 Å². The maximum Gasteiger partial charge on any atom is 0.292 e. The van der Waals surface area contributed by atoms with Gasteiger partial charge in [-0.05, 0) is 6.07 Å². The van der Waals surface area contributed by atoms with Crippen molar-refractivity contribution in [2.75, 3.05) is 38.0 Å². The SMILES string of the molecule is O=C(CCNc1ccccc1[N+](=O)[O-])N1CCN(Cc2csc(-c3ccccc3)n2)CC1. The van der Waals surface area contributed by atoms with Gasteiger partial charge in [0.15, 0.2) is 0 Å². The summed E-state index contributed by atoms with van der Waals surface area (Å²) in [6.45, 7) is 4.12. The molecule has 1 N–H and O–H groups in total. The standard InChI is InChI=1S/C23H25N5O3S/c29-22(10-11-24-20-8-4-5-9-21(20)28(30)31)27-14-12-26(13-15-27)16-19-17-32-23(25-19)18-6-2-1-3-7-18/h1-9,17,24H,10-16H2. The molecule has 4 rings (SSSR count). The van der Waals surface area contributed by atoms with Gasteiger partial charge in [0.05, 0.1) is 10.6 Å². The number of rotatable bonds is 8. The zero-order chi connectivity index (χ0) is 22.3. The second kappa shape index (κ2) is 10.3. The summed E-state index contributed by atoms with van der Waals surface area (Å²) in [5.74, 6) is 0.0655. The van der Waals surface area contributed by atoms with Crippen molar-refractivity contribution in [1.82, 2.24) is 14.8 Å². The first-order valence-electron chi connectivity index (χ1n) is 10.6. The Morgan fingerprint density at radius 2 is 1.78 bits per heavy atom. The van der Waals surface area contributed by atoms with Crippen molar-refractivity contribution in [2.45, 2.75) is 13.0 Å². The van der Waals surface area contributed by atoms with Crippen molar-refractivity contribution < 1.29 is 9.72 Å². The van der Waals surface area contributed by atoms with E-state index in [4.69, 9.17) is 4.98 Å². The van der Waals surface area contributed by atoms with E-state index in [1.165, 1.54) is 6.07 Å². The van der Waals surface area contributed by atoms with E-state index in [2.05, 4.69) is 27.7 Å². The number of amides is 1. The molecule has 0 atom stereocenters. The third-order valence-corrected chi connectivity index (χ3v) is 6.38. The Hall–Kier alpha value is -3.30. The number of nitrogens with zero attached hydrogens (tertiary/aromatic N) is 4. The Bertz CT molecular complexity index is 1060. The molecule has 8 nitrogen and oxygen atoms in total. The first kappa shape index (κ1) is 21.9. The van der Waals surface area contributed by atoms with Gasteiger partial charge in [0.1, 0.15) is 10.7 Å². The fraction of sp³-hybridized carbons (Fsp3) is 0.304. The molecule has 0 bridgehead atoms. The van der Waals surface area contributed by atoms with Gasteiger partial charge in [-0.15, -0.1) is 11.3 Å². The molecular weight excluding hydrogens is 426 g/mol. The van der Waals surface area contributed by atoms with Crippen LogP contribution in [0.3, 0.4) is 0 Å². The number of para-hydroxylation sites is 2. The number of aromatic nitrogens is 1. The van der Waals surface area contributed by atoms with E-state index >= 15 is 0 Å². The zero-order valence-corrected chi connectivity index (χ0v) is 18.5. The van der Waals surface area contributed by atoms with Crippen LogP contribution in [-0.2, 0) is 11.3 Å². The average molecular weight is 452 g/mol. The predicted octanol–water partition coefficient (Wildman–Crippen LogP) is 3.86. The van der Waals surface area contributed by atoms with Crippen molar-refractivity contribution in [3.8, 4) is 10.6 Å². The van der Waals surface area contributed by atoms with Crippen LogP contribution in [-0.4, -0.2) is 58.3 Å². The smallest absolute Gasteiger partial charge is 0.292 e. The summed E-state index contributed by atoms with van der Waals surface area (Å²) in [7, 11) is 0. The molecular formula is C23H25N5O3S. The molecule has 0 spiro atoms. The lowest BCUT2D eigenvalue weighted by Gasteiger charge is -2.34. The minimum atomic E-state index is -0.422. The van der Waals surface area contributed by atoms with Crippen LogP contribution in [0.4, 0.5) is 11.4 Å². The number of nitro groups is 1. The van der Waals surface area contributed by atoms with Gasteiger partial charge < -0.3 is 10.2 Å². The van der Waals surface area contributed by atoms with E-state index in [0.29, 0.717) is 31.7 Å².